The molecule has 0 saturated heterocycles. The number of aliphatic imine (C=N–C) groups is 1. The van der Waals surface area contributed by atoms with Crippen LogP contribution < -0.4 is 10.0 Å². The van der Waals surface area contributed by atoms with Crippen LogP contribution in [0, 0.1) is 5.92 Å². The van der Waals surface area contributed by atoms with E-state index in [2.05, 4.69) is 19.4 Å². The lowest BCUT2D eigenvalue weighted by Crippen LogP contribution is -2.31. The van der Waals surface area contributed by atoms with Gasteiger partial charge in [0.2, 0.25) is 0 Å². The lowest BCUT2D eigenvalue weighted by atomic mass is 9.97. The first-order chi connectivity index (χ1) is 14.6. The third-order valence-corrected chi connectivity index (χ3v) is 5.50. The number of benzene rings is 2. The van der Waals surface area contributed by atoms with Crippen molar-refractivity contribution in [1.82, 2.24) is 9.62 Å². The molecule has 0 aliphatic carbocycles. The number of amidine groups is 2. The standard InChI is InChI=1S/C21H25N5O4S/c1-13(2)17(14-9-6-5-7-10-14)23-20-19(24-31(29,30)25-20)22-16-12-8-11-15(18(16)27)21(28)26(3)4/h5-13,17,27H,1-4H3,(H,22,24)(H,23,25)/t17-/m1/s1. The third kappa shape index (κ3) is 5.02. The molecule has 2 aromatic rings. The SMILES string of the molecule is CC(C)[C@@H](N=C1NS(=O)(=O)N=C1Nc1cccc(C(=O)N(C)C)c1O)c1ccccc1. The number of rotatable bonds is 5. The van der Waals surface area contributed by atoms with E-state index in [0.29, 0.717) is 0 Å². The molecule has 164 valence electrons. The zero-order valence-electron chi connectivity index (χ0n) is 17.7. The fourth-order valence-electron chi connectivity index (χ4n) is 3.11. The van der Waals surface area contributed by atoms with E-state index in [1.165, 1.54) is 17.0 Å². The van der Waals surface area contributed by atoms with Crippen LogP contribution >= 0.6 is 0 Å². The highest BCUT2D eigenvalue weighted by molar-refractivity contribution is 7.89. The summed E-state index contributed by atoms with van der Waals surface area (Å²) in [5, 5.41) is 13.4. The maximum Gasteiger partial charge on any atom is 0.345 e. The second-order valence-corrected chi connectivity index (χ2v) is 8.96. The summed E-state index contributed by atoms with van der Waals surface area (Å²) in [5.74, 6) is -0.651. The van der Waals surface area contributed by atoms with Gasteiger partial charge < -0.3 is 15.3 Å². The quantitative estimate of drug-likeness (QED) is 0.613. The van der Waals surface area contributed by atoms with Crippen molar-refractivity contribution in [2.75, 3.05) is 19.4 Å². The minimum Gasteiger partial charge on any atom is -0.505 e. The molecular weight excluding hydrogens is 418 g/mol. The highest BCUT2D eigenvalue weighted by Crippen LogP contribution is 2.30. The number of anilines is 1. The van der Waals surface area contributed by atoms with Crippen LogP contribution in [0.2, 0.25) is 0 Å². The molecule has 1 aliphatic rings. The average Bonchev–Trinajstić information content (AvgIpc) is 3.00. The number of aromatic hydroxyl groups is 1. The van der Waals surface area contributed by atoms with Crippen LogP contribution in [0.3, 0.4) is 0 Å². The van der Waals surface area contributed by atoms with Gasteiger partial charge in [0.05, 0.1) is 17.3 Å². The molecule has 1 aliphatic heterocycles. The average molecular weight is 444 g/mol. The molecule has 9 nitrogen and oxygen atoms in total. The fourth-order valence-corrected chi connectivity index (χ4v) is 3.92. The molecule has 3 N–H and O–H groups in total. The van der Waals surface area contributed by atoms with Crippen molar-refractivity contribution < 1.29 is 18.3 Å². The van der Waals surface area contributed by atoms with E-state index in [-0.39, 0.29) is 40.6 Å². The smallest absolute Gasteiger partial charge is 0.345 e. The minimum absolute atomic E-state index is 0.0336. The molecule has 0 spiro atoms. The van der Waals surface area contributed by atoms with Crippen molar-refractivity contribution in [3.63, 3.8) is 0 Å². The monoisotopic (exact) mass is 443 g/mol. The van der Waals surface area contributed by atoms with Crippen molar-refractivity contribution in [2.24, 2.45) is 15.3 Å². The van der Waals surface area contributed by atoms with Gasteiger partial charge in [-0.2, -0.15) is 8.42 Å². The Morgan fingerprint density at radius 3 is 2.42 bits per heavy atom. The lowest BCUT2D eigenvalue weighted by molar-refractivity contribution is 0.0824. The Morgan fingerprint density at radius 1 is 1.13 bits per heavy atom. The van der Waals surface area contributed by atoms with E-state index >= 15 is 0 Å². The molecule has 0 fully saturated rings. The first kappa shape index (κ1) is 22.3. The number of hydrogen-bond donors (Lipinski definition) is 3. The van der Waals surface area contributed by atoms with Crippen molar-refractivity contribution in [3.05, 3.63) is 59.7 Å². The van der Waals surface area contributed by atoms with Gasteiger partial charge in [0.25, 0.3) is 5.91 Å². The van der Waals surface area contributed by atoms with Gasteiger partial charge in [-0.3, -0.25) is 9.79 Å². The zero-order valence-corrected chi connectivity index (χ0v) is 18.5. The largest absolute Gasteiger partial charge is 0.505 e. The summed E-state index contributed by atoms with van der Waals surface area (Å²) in [6, 6.07) is 13.8. The Kier molecular flexibility index (Phi) is 6.30. The predicted molar refractivity (Wildman–Crippen MR) is 121 cm³/mol. The van der Waals surface area contributed by atoms with Gasteiger partial charge >= 0.3 is 10.2 Å². The first-order valence-electron chi connectivity index (χ1n) is 9.65. The molecule has 1 atom stereocenters. The van der Waals surface area contributed by atoms with Crippen molar-refractivity contribution in [3.8, 4) is 5.75 Å². The lowest BCUT2D eigenvalue weighted by Gasteiger charge is -2.18. The Hall–Kier alpha value is -3.40. The zero-order chi connectivity index (χ0) is 22.8. The Morgan fingerprint density at radius 2 is 1.81 bits per heavy atom. The van der Waals surface area contributed by atoms with Crippen molar-refractivity contribution in [1.29, 1.82) is 0 Å². The van der Waals surface area contributed by atoms with Gasteiger partial charge in [0, 0.05) is 14.1 Å². The Balaban J connectivity index is 1.99. The molecule has 1 heterocycles. The molecule has 0 bridgehead atoms. The molecular formula is C21H25N5O4S. The van der Waals surface area contributed by atoms with Gasteiger partial charge in [-0.1, -0.05) is 50.2 Å². The molecule has 3 rings (SSSR count). The number of para-hydroxylation sites is 1. The van der Waals surface area contributed by atoms with Gasteiger partial charge in [-0.05, 0) is 23.6 Å². The van der Waals surface area contributed by atoms with Crippen LogP contribution in [0.25, 0.3) is 0 Å². The molecule has 1 amide bonds. The molecule has 0 radical (unpaired) electrons. The summed E-state index contributed by atoms with van der Waals surface area (Å²) >= 11 is 0. The maximum absolute atomic E-state index is 12.3. The third-order valence-electron chi connectivity index (χ3n) is 4.63. The summed E-state index contributed by atoms with van der Waals surface area (Å²) in [7, 11) is -0.845. The van der Waals surface area contributed by atoms with E-state index in [1.807, 2.05) is 44.2 Å². The van der Waals surface area contributed by atoms with Crippen LogP contribution in [0.4, 0.5) is 5.69 Å². The van der Waals surface area contributed by atoms with E-state index < -0.39 is 16.1 Å². The van der Waals surface area contributed by atoms with E-state index in [1.54, 1.807) is 20.2 Å². The van der Waals surface area contributed by atoms with Gasteiger partial charge in [-0.25, -0.2) is 4.72 Å². The molecule has 10 heteroatoms. The van der Waals surface area contributed by atoms with Crippen LogP contribution in [0.1, 0.15) is 35.8 Å². The van der Waals surface area contributed by atoms with Crippen LogP contribution in [-0.4, -0.2) is 50.1 Å². The number of phenolic OH excluding ortho intramolecular Hbond substituents is 1. The topological polar surface area (TPSA) is 123 Å². The number of nitrogens with one attached hydrogen (secondary N) is 2. The summed E-state index contributed by atoms with van der Waals surface area (Å²) in [5.41, 5.74) is 1.14. The summed E-state index contributed by atoms with van der Waals surface area (Å²) < 4.78 is 30.3. The molecule has 31 heavy (non-hydrogen) atoms. The van der Waals surface area contributed by atoms with Crippen LogP contribution in [-0.2, 0) is 10.2 Å². The highest BCUT2D eigenvalue weighted by atomic mass is 32.2. The van der Waals surface area contributed by atoms with Crippen molar-refractivity contribution in [2.45, 2.75) is 19.9 Å². The van der Waals surface area contributed by atoms with E-state index in [0.717, 1.165) is 5.56 Å². The predicted octanol–water partition coefficient (Wildman–Crippen LogP) is 2.55. The number of carbonyl (C=O) groups excluding carboxylic acids is 1. The molecule has 0 aromatic heterocycles. The first-order valence-corrected chi connectivity index (χ1v) is 11.1. The van der Waals surface area contributed by atoms with E-state index in [9.17, 15) is 18.3 Å². The van der Waals surface area contributed by atoms with Gasteiger partial charge in [0.15, 0.2) is 17.4 Å². The highest BCUT2D eigenvalue weighted by Gasteiger charge is 2.29. The number of amides is 1. The van der Waals surface area contributed by atoms with Crippen molar-refractivity contribution >= 4 is 33.5 Å². The fraction of sp³-hybridized carbons (Fsp3) is 0.286. The molecule has 2 aromatic carbocycles. The molecule has 0 saturated carbocycles. The Labute approximate surface area is 181 Å². The maximum atomic E-state index is 12.3. The second kappa shape index (κ2) is 8.76. The van der Waals surface area contributed by atoms with E-state index in [4.69, 9.17) is 0 Å². The molecule has 0 unspecified atom stereocenters. The summed E-state index contributed by atoms with van der Waals surface area (Å²) in [4.78, 5) is 18.2. The summed E-state index contributed by atoms with van der Waals surface area (Å²) in [6.07, 6.45) is 0. The van der Waals surface area contributed by atoms with Crippen LogP contribution in [0.15, 0.2) is 57.9 Å². The van der Waals surface area contributed by atoms with Gasteiger partial charge in [-0.15, -0.1) is 4.40 Å². The number of hydrogen-bond acceptors (Lipinski definition) is 6. The number of carbonyl (C=O) groups is 1. The number of nitrogens with zero attached hydrogens (tertiary/aromatic N) is 3. The summed E-state index contributed by atoms with van der Waals surface area (Å²) in [6.45, 7) is 3.97. The second-order valence-electron chi connectivity index (χ2n) is 7.62. The van der Waals surface area contributed by atoms with Gasteiger partial charge in [0.1, 0.15) is 0 Å². The minimum atomic E-state index is -3.98. The number of phenols is 1. The Bertz CT molecular complexity index is 1140. The normalized spacial score (nSPS) is 17.2. The van der Waals surface area contributed by atoms with Crippen LogP contribution in [0.5, 0.6) is 5.75 Å².